The molecular weight excluding hydrogens is 503 g/mol. The Bertz CT molecular complexity index is 1400. The summed E-state index contributed by atoms with van der Waals surface area (Å²) in [6.07, 6.45) is -5.56. The Morgan fingerprint density at radius 3 is 2.54 bits per heavy atom. The van der Waals surface area contributed by atoms with Crippen molar-refractivity contribution in [2.24, 2.45) is 11.7 Å². The van der Waals surface area contributed by atoms with Crippen LogP contribution in [0.25, 0.3) is 11.9 Å². The third-order valence-corrected chi connectivity index (χ3v) is 6.82. The predicted molar refractivity (Wildman–Crippen MR) is 122 cm³/mol. The molecule has 0 aromatic heterocycles. The van der Waals surface area contributed by atoms with Crippen LogP contribution in [0, 0.1) is 17.6 Å². The van der Waals surface area contributed by atoms with Crippen LogP contribution in [-0.2, 0) is 14.3 Å². The predicted octanol–water partition coefficient (Wildman–Crippen LogP) is 1.49. The zero-order valence-electron chi connectivity index (χ0n) is 19.8. The van der Waals surface area contributed by atoms with Gasteiger partial charge in [-0.3, -0.25) is 20.4 Å². The van der Waals surface area contributed by atoms with E-state index < -0.39 is 58.9 Å². The van der Waals surface area contributed by atoms with Crippen molar-refractivity contribution in [1.82, 2.24) is 10.9 Å². The van der Waals surface area contributed by atoms with Gasteiger partial charge in [0.15, 0.2) is 17.2 Å². The standard InChI is InChI=1S/C24H23F5N4O4/c1-10-17(12-7-8-14(25)18(26)19(12)36-3)20(37-23(10,2)24(27,28)29)22(35)31-15-6-4-5-11-13(15)9-16(34)32-33-21(11)30/h4-10,17,20,33H,30H2,1-3H3,(H,31,35)(H,32,34)/t10-,17-,20+,23+/m0/s1. The van der Waals surface area contributed by atoms with Gasteiger partial charge in [0.25, 0.3) is 11.8 Å². The highest BCUT2D eigenvalue weighted by Gasteiger charge is 2.65. The normalized spacial score (nSPS) is 25.4. The number of carbonyl (C=O) groups excluding carboxylic acids is 2. The van der Waals surface area contributed by atoms with Crippen molar-refractivity contribution in [2.45, 2.75) is 37.6 Å². The first-order valence-electron chi connectivity index (χ1n) is 11.0. The zero-order chi connectivity index (χ0) is 27.3. The fourth-order valence-corrected chi connectivity index (χ4v) is 4.67. The van der Waals surface area contributed by atoms with Gasteiger partial charge in [0, 0.05) is 39.6 Å². The molecule has 2 heterocycles. The van der Waals surface area contributed by atoms with E-state index in [1.54, 1.807) is 6.07 Å². The number of carbonyl (C=O) groups is 2. The van der Waals surface area contributed by atoms with Gasteiger partial charge in [-0.2, -0.15) is 17.6 Å². The summed E-state index contributed by atoms with van der Waals surface area (Å²) >= 11 is 0. The molecule has 1 saturated heterocycles. The third kappa shape index (κ3) is 4.32. The highest BCUT2D eigenvalue weighted by atomic mass is 19.4. The lowest BCUT2D eigenvalue weighted by Crippen LogP contribution is -2.47. The Kier molecular flexibility index (Phi) is 6.52. The monoisotopic (exact) mass is 526 g/mol. The number of fused-ring (bicyclic) bond motifs is 1. The van der Waals surface area contributed by atoms with Crippen molar-refractivity contribution in [3.63, 3.8) is 0 Å². The number of benzene rings is 2. The van der Waals surface area contributed by atoms with Crippen LogP contribution in [0.3, 0.4) is 0 Å². The highest BCUT2D eigenvalue weighted by Crippen LogP contribution is 2.54. The summed E-state index contributed by atoms with van der Waals surface area (Å²) in [5.41, 5.74) is 7.81. The number of methoxy groups -OCH3 is 1. The number of anilines is 1. The average Bonchev–Trinajstić information content (AvgIpc) is 3.02. The van der Waals surface area contributed by atoms with Gasteiger partial charge in [0.05, 0.1) is 7.11 Å². The molecule has 0 bridgehead atoms. The number of rotatable bonds is 4. The number of nitrogens with one attached hydrogen (secondary N) is 3. The van der Waals surface area contributed by atoms with E-state index in [4.69, 9.17) is 15.2 Å². The maximum Gasteiger partial charge on any atom is 0.417 e. The van der Waals surface area contributed by atoms with E-state index in [1.807, 2.05) is 0 Å². The molecule has 2 amide bonds. The van der Waals surface area contributed by atoms with Gasteiger partial charge < -0.3 is 20.5 Å². The van der Waals surface area contributed by atoms with Gasteiger partial charge in [-0.05, 0) is 19.1 Å². The molecule has 0 radical (unpaired) electrons. The van der Waals surface area contributed by atoms with Gasteiger partial charge in [0.1, 0.15) is 11.9 Å². The molecule has 2 aliphatic rings. The molecule has 198 valence electrons. The first-order valence-corrected chi connectivity index (χ1v) is 11.0. The SMILES string of the molecule is COc1c([C@H]2[C@H](C(=O)Nc3cccc4c3=CC(=O)NNC=4N)O[C@@](C)(C(F)(F)F)[C@H]2C)ccc(F)c1F. The fraction of sp³-hybridized carbons (Fsp3) is 0.333. The van der Waals surface area contributed by atoms with Crippen molar-refractivity contribution in [2.75, 3.05) is 12.4 Å². The number of amides is 2. The van der Waals surface area contributed by atoms with Gasteiger partial charge in [-0.1, -0.05) is 25.1 Å². The lowest BCUT2D eigenvalue weighted by atomic mass is 9.77. The number of ether oxygens (including phenoxy) is 2. The first kappa shape index (κ1) is 26.2. The number of hydrogen-bond acceptors (Lipinski definition) is 6. The van der Waals surface area contributed by atoms with Crippen LogP contribution in [-0.4, -0.2) is 36.8 Å². The molecule has 4 rings (SSSR count). The van der Waals surface area contributed by atoms with Gasteiger partial charge >= 0.3 is 6.18 Å². The van der Waals surface area contributed by atoms with Crippen LogP contribution in [0.5, 0.6) is 5.75 Å². The van der Waals surface area contributed by atoms with E-state index in [0.717, 1.165) is 32.2 Å². The number of hydrogen-bond donors (Lipinski definition) is 4. The molecule has 37 heavy (non-hydrogen) atoms. The van der Waals surface area contributed by atoms with Gasteiger partial charge in [0.2, 0.25) is 5.82 Å². The van der Waals surface area contributed by atoms with E-state index >= 15 is 0 Å². The summed E-state index contributed by atoms with van der Waals surface area (Å²) < 4.78 is 81.1. The molecule has 2 aromatic carbocycles. The van der Waals surface area contributed by atoms with Crippen molar-refractivity contribution < 1.29 is 41.0 Å². The fourth-order valence-electron chi connectivity index (χ4n) is 4.67. The minimum absolute atomic E-state index is 0.0629. The Hall–Kier alpha value is -3.87. The van der Waals surface area contributed by atoms with Crippen molar-refractivity contribution >= 4 is 29.4 Å². The average molecular weight is 526 g/mol. The molecular formula is C24H23F5N4O4. The molecule has 2 aliphatic heterocycles. The lowest BCUT2D eigenvalue weighted by Gasteiger charge is -2.32. The summed E-state index contributed by atoms with van der Waals surface area (Å²) in [5.74, 6) is -7.64. The Balaban J connectivity index is 1.83. The van der Waals surface area contributed by atoms with E-state index in [-0.39, 0.29) is 22.3 Å². The Morgan fingerprint density at radius 1 is 1.19 bits per heavy atom. The Labute approximate surface area is 207 Å². The van der Waals surface area contributed by atoms with Gasteiger partial charge in [-0.15, -0.1) is 0 Å². The minimum atomic E-state index is -4.91. The van der Waals surface area contributed by atoms with E-state index in [1.165, 1.54) is 19.1 Å². The summed E-state index contributed by atoms with van der Waals surface area (Å²) in [6, 6.07) is 6.31. The molecule has 0 saturated carbocycles. The summed E-state index contributed by atoms with van der Waals surface area (Å²) in [4.78, 5) is 25.5. The Morgan fingerprint density at radius 2 is 1.89 bits per heavy atom. The second-order valence-corrected chi connectivity index (χ2v) is 8.87. The molecule has 0 spiro atoms. The maximum atomic E-state index is 14.5. The maximum absolute atomic E-state index is 14.5. The van der Waals surface area contributed by atoms with Crippen molar-refractivity contribution in [3.8, 4) is 5.75 Å². The summed E-state index contributed by atoms with van der Waals surface area (Å²) in [5, 5.41) is 3.05. The first-order chi connectivity index (χ1) is 17.3. The van der Waals surface area contributed by atoms with Crippen LogP contribution >= 0.6 is 0 Å². The lowest BCUT2D eigenvalue weighted by molar-refractivity contribution is -0.272. The molecule has 1 fully saturated rings. The molecule has 0 unspecified atom stereocenters. The van der Waals surface area contributed by atoms with Crippen molar-refractivity contribution in [1.29, 1.82) is 0 Å². The minimum Gasteiger partial charge on any atom is -0.493 e. The largest absolute Gasteiger partial charge is 0.493 e. The zero-order valence-corrected chi connectivity index (χ0v) is 19.8. The quantitative estimate of drug-likeness (QED) is 0.449. The van der Waals surface area contributed by atoms with E-state index in [2.05, 4.69) is 16.2 Å². The number of hydrazine groups is 1. The van der Waals surface area contributed by atoms with Crippen LogP contribution in [0.4, 0.5) is 27.6 Å². The number of nitrogens with two attached hydrogens (primary N) is 1. The molecule has 13 heteroatoms. The molecule has 5 N–H and O–H groups in total. The van der Waals surface area contributed by atoms with E-state index in [9.17, 15) is 31.5 Å². The van der Waals surface area contributed by atoms with Crippen LogP contribution in [0.15, 0.2) is 30.3 Å². The van der Waals surface area contributed by atoms with Crippen LogP contribution in [0.2, 0.25) is 0 Å². The third-order valence-electron chi connectivity index (χ3n) is 6.82. The van der Waals surface area contributed by atoms with Crippen LogP contribution in [0.1, 0.15) is 25.3 Å². The molecule has 2 aromatic rings. The second kappa shape index (κ2) is 9.21. The molecule has 0 aliphatic carbocycles. The summed E-state index contributed by atoms with van der Waals surface area (Å²) in [6.45, 7) is 2.00. The second-order valence-electron chi connectivity index (χ2n) is 8.87. The smallest absolute Gasteiger partial charge is 0.417 e. The molecule has 4 atom stereocenters. The van der Waals surface area contributed by atoms with Crippen molar-refractivity contribution in [3.05, 3.63) is 58.0 Å². The van der Waals surface area contributed by atoms with E-state index in [0.29, 0.717) is 5.22 Å². The molecule has 8 nitrogen and oxygen atoms in total. The van der Waals surface area contributed by atoms with Gasteiger partial charge in [-0.25, -0.2) is 4.39 Å². The number of halogens is 5. The van der Waals surface area contributed by atoms with Crippen LogP contribution < -0.4 is 37.1 Å². The summed E-state index contributed by atoms with van der Waals surface area (Å²) in [7, 11) is 1.04. The number of alkyl halides is 3. The topological polar surface area (TPSA) is 115 Å². The highest BCUT2D eigenvalue weighted by molar-refractivity contribution is 6.06.